The number of hydrogen-bond donors (Lipinski definition) is 2. The number of rotatable bonds is 3. The normalized spacial score (nSPS) is 14.3. The first-order valence-corrected chi connectivity index (χ1v) is 7.27. The predicted molar refractivity (Wildman–Crippen MR) is 79.8 cm³/mol. The molecule has 110 valence electrons. The fourth-order valence-electron chi connectivity index (χ4n) is 2.39. The number of aromatic nitrogens is 2. The number of amides is 1. The van der Waals surface area contributed by atoms with Crippen LogP contribution in [-0.4, -0.2) is 22.4 Å². The first-order valence-electron chi connectivity index (χ1n) is 6.89. The zero-order chi connectivity index (χ0) is 14.8. The van der Waals surface area contributed by atoms with Crippen molar-refractivity contribution in [3.05, 3.63) is 46.0 Å². The van der Waals surface area contributed by atoms with Crippen LogP contribution in [0.3, 0.4) is 0 Å². The molecule has 0 unspecified atom stereocenters. The molecule has 2 N–H and O–H groups in total. The number of aromatic amines is 1. The first kappa shape index (κ1) is 13.9. The lowest BCUT2D eigenvalue weighted by atomic mass is 10.2. The van der Waals surface area contributed by atoms with Crippen molar-refractivity contribution >= 4 is 17.5 Å². The molecule has 0 radical (unpaired) electrons. The first-order chi connectivity index (χ1) is 10.1. The summed E-state index contributed by atoms with van der Waals surface area (Å²) in [4.78, 5) is 19.3. The van der Waals surface area contributed by atoms with Crippen molar-refractivity contribution in [1.29, 1.82) is 0 Å². The van der Waals surface area contributed by atoms with Crippen LogP contribution >= 0.6 is 11.6 Å². The van der Waals surface area contributed by atoms with E-state index >= 15 is 0 Å². The van der Waals surface area contributed by atoms with Gasteiger partial charge < -0.3 is 15.0 Å². The molecule has 2 heterocycles. The summed E-state index contributed by atoms with van der Waals surface area (Å²) in [5, 5.41) is 3.39. The van der Waals surface area contributed by atoms with E-state index in [9.17, 15) is 4.79 Å². The second-order valence-electron chi connectivity index (χ2n) is 5.04. The van der Waals surface area contributed by atoms with Gasteiger partial charge in [-0.25, -0.2) is 4.98 Å². The number of carbonyl (C=O) groups excluding carboxylic acids is 1. The van der Waals surface area contributed by atoms with Crippen molar-refractivity contribution in [2.75, 3.05) is 6.54 Å². The minimum atomic E-state index is -0.126. The molecule has 1 aromatic heterocycles. The van der Waals surface area contributed by atoms with Gasteiger partial charge in [-0.05, 0) is 31.4 Å². The third-order valence-corrected chi connectivity index (χ3v) is 3.75. The molecule has 21 heavy (non-hydrogen) atoms. The number of ether oxygens (including phenoxy) is 1. The zero-order valence-electron chi connectivity index (χ0n) is 11.7. The van der Waals surface area contributed by atoms with Crippen molar-refractivity contribution < 1.29 is 9.53 Å². The Bertz CT molecular complexity index is 661. The number of hydrogen-bond acceptors (Lipinski definition) is 3. The van der Waals surface area contributed by atoms with Gasteiger partial charge in [0.05, 0.1) is 5.02 Å². The molecule has 1 aliphatic heterocycles. The van der Waals surface area contributed by atoms with Crippen LogP contribution in [0.25, 0.3) is 0 Å². The Morgan fingerprint density at radius 3 is 3.10 bits per heavy atom. The van der Waals surface area contributed by atoms with Gasteiger partial charge >= 0.3 is 0 Å². The van der Waals surface area contributed by atoms with Crippen LogP contribution in [0.1, 0.15) is 34.0 Å². The van der Waals surface area contributed by atoms with E-state index in [1.165, 1.54) is 0 Å². The van der Waals surface area contributed by atoms with E-state index in [2.05, 4.69) is 15.3 Å². The fraction of sp³-hybridized carbons (Fsp3) is 0.333. The van der Waals surface area contributed by atoms with E-state index in [0.29, 0.717) is 28.8 Å². The van der Waals surface area contributed by atoms with Crippen LogP contribution in [0.15, 0.2) is 18.2 Å². The molecule has 3 rings (SSSR count). The third-order valence-electron chi connectivity index (χ3n) is 3.45. The van der Waals surface area contributed by atoms with Crippen molar-refractivity contribution in [3.8, 4) is 5.75 Å². The van der Waals surface area contributed by atoms with Crippen LogP contribution in [-0.2, 0) is 13.0 Å². The van der Waals surface area contributed by atoms with Crippen LogP contribution in [0.2, 0.25) is 5.02 Å². The Hall–Kier alpha value is -2.01. The van der Waals surface area contributed by atoms with Gasteiger partial charge in [0, 0.05) is 12.2 Å². The quantitative estimate of drug-likeness (QED) is 0.916. The molecule has 1 amide bonds. The summed E-state index contributed by atoms with van der Waals surface area (Å²) in [5.41, 5.74) is 2.31. The molecule has 2 aromatic rings. The fourth-order valence-corrected chi connectivity index (χ4v) is 2.67. The average molecular weight is 306 g/mol. The van der Waals surface area contributed by atoms with E-state index in [0.717, 1.165) is 24.1 Å². The zero-order valence-corrected chi connectivity index (χ0v) is 12.5. The number of benzene rings is 1. The van der Waals surface area contributed by atoms with E-state index < -0.39 is 0 Å². The lowest BCUT2D eigenvalue weighted by molar-refractivity contribution is 0.0951. The number of para-hydroxylation sites is 1. The molecule has 0 bridgehead atoms. The predicted octanol–water partition coefficient (Wildman–Crippen LogP) is 2.63. The summed E-state index contributed by atoms with van der Waals surface area (Å²) in [6.07, 6.45) is 1.72. The molecule has 0 saturated carbocycles. The van der Waals surface area contributed by atoms with Gasteiger partial charge in [0.25, 0.3) is 5.91 Å². The molecule has 0 atom stereocenters. The maximum Gasteiger partial charge on any atom is 0.271 e. The molecule has 0 spiro atoms. The van der Waals surface area contributed by atoms with Crippen molar-refractivity contribution in [2.24, 2.45) is 0 Å². The van der Waals surface area contributed by atoms with Gasteiger partial charge in [0.15, 0.2) is 0 Å². The van der Waals surface area contributed by atoms with Gasteiger partial charge in [-0.15, -0.1) is 0 Å². The third kappa shape index (κ3) is 2.88. The van der Waals surface area contributed by atoms with Gasteiger partial charge in [-0.2, -0.15) is 0 Å². The van der Waals surface area contributed by atoms with Gasteiger partial charge in [0.1, 0.15) is 23.9 Å². The lowest BCUT2D eigenvalue weighted by Crippen LogP contribution is -2.23. The van der Waals surface area contributed by atoms with Gasteiger partial charge in [-0.1, -0.05) is 23.7 Å². The number of imidazole rings is 1. The monoisotopic (exact) mass is 305 g/mol. The summed E-state index contributed by atoms with van der Waals surface area (Å²) >= 11 is 6.12. The maximum absolute atomic E-state index is 11.8. The Morgan fingerprint density at radius 1 is 1.43 bits per heavy atom. The summed E-state index contributed by atoms with van der Waals surface area (Å²) < 4.78 is 5.74. The molecule has 6 heteroatoms. The molecule has 5 nitrogen and oxygen atoms in total. The number of H-pyrrole nitrogens is 1. The van der Waals surface area contributed by atoms with E-state index in [1.54, 1.807) is 6.07 Å². The van der Waals surface area contributed by atoms with Crippen LogP contribution in [0.4, 0.5) is 0 Å². The topological polar surface area (TPSA) is 67.0 Å². The van der Waals surface area contributed by atoms with E-state index in [1.807, 2.05) is 19.1 Å². The molecule has 0 saturated heterocycles. The van der Waals surface area contributed by atoms with E-state index in [-0.39, 0.29) is 12.5 Å². The highest BCUT2D eigenvalue weighted by Gasteiger charge is 2.20. The Kier molecular flexibility index (Phi) is 3.84. The van der Waals surface area contributed by atoms with Gasteiger partial charge in [0.2, 0.25) is 0 Å². The summed E-state index contributed by atoms with van der Waals surface area (Å²) in [6, 6.07) is 5.60. The number of nitrogens with one attached hydrogen (secondary N) is 2. The molecular weight excluding hydrogens is 290 g/mol. The van der Waals surface area contributed by atoms with Crippen molar-refractivity contribution in [3.63, 3.8) is 0 Å². The highest BCUT2D eigenvalue weighted by Crippen LogP contribution is 2.28. The highest BCUT2D eigenvalue weighted by atomic mass is 35.5. The minimum absolute atomic E-state index is 0.126. The largest absolute Gasteiger partial charge is 0.484 e. The van der Waals surface area contributed by atoms with Crippen molar-refractivity contribution in [1.82, 2.24) is 15.3 Å². The number of aryl methyl sites for hydroxylation is 2. The summed E-state index contributed by atoms with van der Waals surface area (Å²) in [6.45, 7) is 2.88. The maximum atomic E-state index is 11.8. The Labute approximate surface area is 127 Å². The van der Waals surface area contributed by atoms with Gasteiger partial charge in [-0.3, -0.25) is 4.79 Å². The number of fused-ring (bicyclic) bond motifs is 1. The summed E-state index contributed by atoms with van der Waals surface area (Å²) in [5.74, 6) is 1.16. The van der Waals surface area contributed by atoms with E-state index in [4.69, 9.17) is 16.3 Å². The average Bonchev–Trinajstić information content (AvgIpc) is 2.78. The van der Waals surface area contributed by atoms with Crippen LogP contribution in [0, 0.1) is 6.92 Å². The molecule has 0 fully saturated rings. The smallest absolute Gasteiger partial charge is 0.271 e. The Morgan fingerprint density at radius 2 is 2.29 bits per heavy atom. The number of halogens is 1. The second kappa shape index (κ2) is 5.77. The lowest BCUT2D eigenvalue weighted by Gasteiger charge is -2.09. The van der Waals surface area contributed by atoms with Crippen molar-refractivity contribution in [2.45, 2.75) is 26.4 Å². The number of carbonyl (C=O) groups is 1. The van der Waals surface area contributed by atoms with Crippen LogP contribution in [0.5, 0.6) is 5.75 Å². The Balaban J connectivity index is 1.77. The summed E-state index contributed by atoms with van der Waals surface area (Å²) in [7, 11) is 0. The molecular formula is C15H16ClN3O2. The SMILES string of the molecule is Cc1cccc(Cl)c1OCc1nc2c([nH]1)CCCNC2=O. The second-order valence-corrected chi connectivity index (χ2v) is 5.45. The van der Waals surface area contributed by atoms with Crippen LogP contribution < -0.4 is 10.1 Å². The molecule has 0 aliphatic carbocycles. The standard InChI is InChI=1S/C15H16ClN3O2/c1-9-4-2-5-10(16)14(9)21-8-12-18-11-6-3-7-17-15(20)13(11)19-12/h2,4-5H,3,6-8H2,1H3,(H,17,20)(H,18,19). The molecule has 1 aromatic carbocycles. The highest BCUT2D eigenvalue weighted by molar-refractivity contribution is 6.32. The molecule has 1 aliphatic rings. The minimum Gasteiger partial charge on any atom is -0.484 e. The number of nitrogens with zero attached hydrogens (tertiary/aromatic N) is 1.